The van der Waals surface area contributed by atoms with Crippen LogP contribution in [-0.4, -0.2) is 281 Å². The van der Waals surface area contributed by atoms with Gasteiger partial charge in [0, 0.05) is 25.5 Å². The van der Waals surface area contributed by atoms with E-state index in [4.69, 9.17) is 52.1 Å². The number of hydrogen-bond donors (Lipinski definition) is 15. The standard InChI is InChI=1S/C49H80O27/c1-18-44(76-32(54)10-5-19-3-7-22(8-4-19)69-47-40(62)36(58)33(55)29(15-50)73-47)39(61)43(65)46(68-18)67-17-31-35(57)38(60)42(64)49(75-31)72-28-14-23-25(70-45(28)20-6-9-24(53)27(11-20)66-2)12-21(52)13-26(23)71-48-41(63)37(59)34(56)30(16-51)74-48/h5,10,18-31,33-53,55-65H,3-4,6-9,11-17H2,1-2H3. The summed E-state index contributed by atoms with van der Waals surface area (Å²) in [6, 6.07) is 0. The maximum atomic E-state index is 13.0. The molecule has 3 saturated carbocycles. The van der Waals surface area contributed by atoms with Gasteiger partial charge in [-0.1, -0.05) is 6.08 Å². The first-order valence-electron chi connectivity index (χ1n) is 26.5. The number of aliphatic hydroxyl groups is 15. The molecule has 15 N–H and O–H groups in total. The lowest BCUT2D eigenvalue weighted by molar-refractivity contribution is -0.351. The van der Waals surface area contributed by atoms with Crippen LogP contribution in [0.2, 0.25) is 0 Å². The van der Waals surface area contributed by atoms with Gasteiger partial charge in [0.1, 0.15) is 85.5 Å². The number of aliphatic hydroxyl groups excluding tert-OH is 15. The van der Waals surface area contributed by atoms with Crippen molar-refractivity contribution in [3.05, 3.63) is 12.2 Å². The van der Waals surface area contributed by atoms with E-state index in [1.165, 1.54) is 20.1 Å². The van der Waals surface area contributed by atoms with Crippen molar-refractivity contribution < 1.29 is 133 Å². The minimum absolute atomic E-state index is 0.0223. The molecule has 0 amide bonds. The molecular weight excluding hydrogens is 1020 g/mol. The first kappa shape index (κ1) is 60.3. The van der Waals surface area contributed by atoms with Gasteiger partial charge in [0.25, 0.3) is 0 Å². The van der Waals surface area contributed by atoms with Crippen LogP contribution >= 0.6 is 0 Å². The molecule has 76 heavy (non-hydrogen) atoms. The van der Waals surface area contributed by atoms with E-state index >= 15 is 0 Å². The van der Waals surface area contributed by atoms with Crippen LogP contribution in [0.4, 0.5) is 0 Å². The van der Waals surface area contributed by atoms with Crippen LogP contribution in [0.1, 0.15) is 71.1 Å². The van der Waals surface area contributed by atoms with Crippen LogP contribution < -0.4 is 0 Å². The van der Waals surface area contributed by atoms with Crippen molar-refractivity contribution in [1.29, 1.82) is 0 Å². The molecule has 438 valence electrons. The van der Waals surface area contributed by atoms with Gasteiger partial charge in [-0.25, -0.2) is 4.79 Å². The fourth-order valence-electron chi connectivity index (χ4n) is 12.1. The summed E-state index contributed by atoms with van der Waals surface area (Å²) in [6.45, 7) is -0.400. The van der Waals surface area contributed by atoms with E-state index in [2.05, 4.69) is 0 Å². The lowest BCUT2D eigenvalue weighted by Gasteiger charge is -2.52. The number of allylic oxidation sites excluding steroid dienone is 1. The van der Waals surface area contributed by atoms with Gasteiger partial charge in [-0.05, 0) is 76.5 Å². The highest BCUT2D eigenvalue weighted by molar-refractivity contribution is 5.82. The number of fused-ring (bicyclic) bond motifs is 1. The Morgan fingerprint density at radius 3 is 1.68 bits per heavy atom. The molecule has 5 aliphatic heterocycles. The van der Waals surface area contributed by atoms with Gasteiger partial charge in [-0.3, -0.25) is 0 Å². The maximum Gasteiger partial charge on any atom is 0.330 e. The minimum atomic E-state index is -1.86. The molecule has 8 fully saturated rings. The number of carbonyl (C=O) groups excluding carboxylic acids is 1. The zero-order valence-electron chi connectivity index (χ0n) is 42.4. The zero-order valence-corrected chi connectivity index (χ0v) is 42.4. The van der Waals surface area contributed by atoms with Crippen molar-refractivity contribution in [2.75, 3.05) is 26.9 Å². The number of carbonyl (C=O) groups is 1. The molecule has 0 aromatic rings. The van der Waals surface area contributed by atoms with Crippen LogP contribution in [-0.2, 0) is 56.9 Å². The summed E-state index contributed by atoms with van der Waals surface area (Å²) in [5, 5.41) is 159. The van der Waals surface area contributed by atoms with Crippen LogP contribution in [0.5, 0.6) is 0 Å². The van der Waals surface area contributed by atoms with Crippen LogP contribution in [0, 0.1) is 17.8 Å². The van der Waals surface area contributed by atoms with E-state index in [1.54, 1.807) is 6.08 Å². The molecule has 8 rings (SSSR count). The molecule has 0 radical (unpaired) electrons. The largest absolute Gasteiger partial charge is 0.454 e. The fourth-order valence-corrected chi connectivity index (χ4v) is 12.1. The van der Waals surface area contributed by atoms with Crippen molar-refractivity contribution in [2.24, 2.45) is 17.8 Å². The lowest BCUT2D eigenvalue weighted by atomic mass is 9.72. The normalized spacial score (nSPS) is 51.5. The van der Waals surface area contributed by atoms with E-state index in [0.29, 0.717) is 44.9 Å². The second-order valence-corrected chi connectivity index (χ2v) is 21.8. The maximum absolute atomic E-state index is 13.0. The van der Waals surface area contributed by atoms with Crippen molar-refractivity contribution >= 4 is 5.97 Å². The first-order valence-corrected chi connectivity index (χ1v) is 26.5. The van der Waals surface area contributed by atoms with Gasteiger partial charge < -0.3 is 129 Å². The zero-order chi connectivity index (χ0) is 54.9. The third kappa shape index (κ3) is 13.4. The Hall–Kier alpha value is -1.79. The van der Waals surface area contributed by atoms with E-state index in [1.807, 2.05) is 0 Å². The summed E-state index contributed by atoms with van der Waals surface area (Å²) in [5.41, 5.74) is 0. The number of ether oxygens (including phenoxy) is 11. The lowest BCUT2D eigenvalue weighted by Crippen LogP contribution is -2.64. The molecule has 29 unspecified atom stereocenters. The molecule has 0 bridgehead atoms. The summed E-state index contributed by atoms with van der Waals surface area (Å²) < 4.78 is 65.2. The Kier molecular flexibility index (Phi) is 21.0. The van der Waals surface area contributed by atoms with E-state index in [-0.39, 0.29) is 37.2 Å². The predicted octanol–water partition coefficient (Wildman–Crippen LogP) is -6.20. The molecule has 27 heteroatoms. The third-order valence-electron chi connectivity index (χ3n) is 16.7. The summed E-state index contributed by atoms with van der Waals surface area (Å²) in [6.07, 6.45) is -30.5. The Balaban J connectivity index is 0.866. The number of rotatable bonds is 16. The highest BCUT2D eigenvalue weighted by Gasteiger charge is 2.55. The Morgan fingerprint density at radius 2 is 1.09 bits per heavy atom. The summed E-state index contributed by atoms with van der Waals surface area (Å²) in [4.78, 5) is 13.0. The molecular formula is C49H80O27. The first-order chi connectivity index (χ1) is 36.2. The summed E-state index contributed by atoms with van der Waals surface area (Å²) in [5.74, 6) is -1.81. The molecule has 27 nitrogen and oxygen atoms in total. The van der Waals surface area contributed by atoms with E-state index in [0.717, 1.165) is 0 Å². The number of methoxy groups -OCH3 is 1. The van der Waals surface area contributed by atoms with Crippen molar-refractivity contribution in [3.63, 3.8) is 0 Å². The van der Waals surface area contributed by atoms with Gasteiger partial charge in [-0.2, -0.15) is 0 Å². The quantitative estimate of drug-likeness (QED) is 0.0505. The van der Waals surface area contributed by atoms with E-state index < -0.39 is 197 Å². The number of esters is 1. The molecule has 29 atom stereocenters. The predicted molar refractivity (Wildman–Crippen MR) is 248 cm³/mol. The summed E-state index contributed by atoms with van der Waals surface area (Å²) in [7, 11) is 1.47. The topological polar surface area (TPSA) is 422 Å². The van der Waals surface area contributed by atoms with Crippen molar-refractivity contribution in [1.82, 2.24) is 0 Å². The SMILES string of the molecule is COC1CC(C2OC3CC(O)CC(OC4OC(CO)C(O)C(O)C4O)C3CC2OC2OC(COC3OC(C)C(OC(=O)C=CC4CCC(OC5OC(CO)C(O)C(O)C5O)CC4)C(O)C3O)C(O)C(O)C2O)CCC1O. The highest BCUT2D eigenvalue weighted by Crippen LogP contribution is 2.45. The van der Waals surface area contributed by atoms with Crippen LogP contribution in [0.3, 0.4) is 0 Å². The molecule has 5 heterocycles. The van der Waals surface area contributed by atoms with Crippen molar-refractivity contribution in [2.45, 2.75) is 243 Å². The van der Waals surface area contributed by atoms with Gasteiger partial charge in [-0.15, -0.1) is 0 Å². The molecule has 0 aromatic carbocycles. The second-order valence-electron chi connectivity index (χ2n) is 21.8. The fraction of sp³-hybridized carbons (Fsp3) is 0.939. The molecule has 8 aliphatic rings. The average molecular weight is 1100 g/mol. The second kappa shape index (κ2) is 26.4. The number of hydrogen-bond acceptors (Lipinski definition) is 27. The average Bonchev–Trinajstić information content (AvgIpc) is 3.41. The monoisotopic (exact) mass is 1100 g/mol. The molecule has 3 aliphatic carbocycles. The van der Waals surface area contributed by atoms with E-state index in [9.17, 15) is 81.4 Å². The van der Waals surface area contributed by atoms with Gasteiger partial charge >= 0.3 is 5.97 Å². The molecule has 0 spiro atoms. The third-order valence-corrected chi connectivity index (χ3v) is 16.7. The molecule has 0 aromatic heterocycles. The highest BCUT2D eigenvalue weighted by atomic mass is 16.7. The van der Waals surface area contributed by atoms with Crippen LogP contribution in [0.15, 0.2) is 12.2 Å². The van der Waals surface area contributed by atoms with Crippen molar-refractivity contribution in [3.8, 4) is 0 Å². The summed E-state index contributed by atoms with van der Waals surface area (Å²) >= 11 is 0. The van der Waals surface area contributed by atoms with Crippen LogP contribution in [0.25, 0.3) is 0 Å². The molecule has 5 saturated heterocycles. The Bertz CT molecular complexity index is 1840. The Morgan fingerprint density at radius 1 is 0.539 bits per heavy atom. The van der Waals surface area contributed by atoms with Gasteiger partial charge in [0.15, 0.2) is 31.3 Å². The van der Waals surface area contributed by atoms with Gasteiger partial charge in [0.05, 0.1) is 74.8 Å². The Labute approximate surface area is 438 Å². The van der Waals surface area contributed by atoms with Gasteiger partial charge in [0.2, 0.25) is 0 Å². The smallest absolute Gasteiger partial charge is 0.330 e. The minimum Gasteiger partial charge on any atom is -0.454 e.